The van der Waals surface area contributed by atoms with Crippen LogP contribution in [0.15, 0.2) is 49.3 Å². The van der Waals surface area contributed by atoms with E-state index in [1.165, 1.54) is 24.5 Å². The smallest absolute Gasteiger partial charge is 0.365 e. The third-order valence-electron chi connectivity index (χ3n) is 2.78. The summed E-state index contributed by atoms with van der Waals surface area (Å²) < 4.78 is 37.4. The van der Waals surface area contributed by atoms with Crippen LogP contribution in [0.5, 0.6) is 0 Å². The molecule has 1 amide bonds. The second kappa shape index (κ2) is 6.91. The average molecular weight is 322 g/mol. The molecule has 1 aromatic heterocycles. The number of carbonyl (C=O) groups excluding carboxylic acids is 1. The van der Waals surface area contributed by atoms with Crippen molar-refractivity contribution in [2.24, 2.45) is 0 Å². The summed E-state index contributed by atoms with van der Waals surface area (Å²) in [5.41, 5.74) is -0.499. The summed E-state index contributed by atoms with van der Waals surface area (Å²) in [6.07, 6.45) is -0.120. The Hall–Kier alpha value is -2.90. The highest BCUT2D eigenvalue weighted by Gasteiger charge is 2.30. The summed E-state index contributed by atoms with van der Waals surface area (Å²) in [5.74, 6) is -0.0801. The molecule has 0 unspecified atom stereocenters. The number of nitrogens with one attached hydrogen (secondary N) is 2. The first-order valence-electron chi connectivity index (χ1n) is 6.55. The SMILES string of the molecule is C=CCNc1cnc(C(=O)Nc2ccc(C(F)(F)F)cc2)cn1. The van der Waals surface area contributed by atoms with E-state index < -0.39 is 17.6 Å². The maximum Gasteiger partial charge on any atom is 0.416 e. The van der Waals surface area contributed by atoms with Gasteiger partial charge in [0, 0.05) is 12.2 Å². The van der Waals surface area contributed by atoms with Crippen molar-refractivity contribution in [3.63, 3.8) is 0 Å². The van der Waals surface area contributed by atoms with Crippen molar-refractivity contribution >= 4 is 17.4 Å². The highest BCUT2D eigenvalue weighted by Crippen LogP contribution is 2.29. The molecule has 0 bridgehead atoms. The standard InChI is InChI=1S/C15H13F3N4O/c1-2-7-19-13-9-20-12(8-21-13)14(23)22-11-5-3-10(4-6-11)15(16,17)18/h2-6,8-9H,1,7H2,(H,19,21)(H,22,23). The monoisotopic (exact) mass is 322 g/mol. The highest BCUT2D eigenvalue weighted by molar-refractivity contribution is 6.02. The number of nitrogens with zero attached hydrogens (tertiary/aromatic N) is 2. The van der Waals surface area contributed by atoms with Gasteiger partial charge in [0.25, 0.3) is 5.91 Å². The normalized spacial score (nSPS) is 10.9. The maximum absolute atomic E-state index is 12.5. The molecule has 5 nitrogen and oxygen atoms in total. The molecule has 8 heteroatoms. The maximum atomic E-state index is 12.5. The molecule has 0 spiro atoms. The van der Waals surface area contributed by atoms with Gasteiger partial charge in [-0.15, -0.1) is 6.58 Å². The van der Waals surface area contributed by atoms with E-state index in [1.807, 2.05) is 0 Å². The van der Waals surface area contributed by atoms with Crippen molar-refractivity contribution in [1.82, 2.24) is 9.97 Å². The molecule has 1 heterocycles. The zero-order valence-corrected chi connectivity index (χ0v) is 11.9. The number of aromatic nitrogens is 2. The van der Waals surface area contributed by atoms with E-state index >= 15 is 0 Å². The van der Waals surface area contributed by atoms with Crippen LogP contribution < -0.4 is 10.6 Å². The molecular formula is C15H13F3N4O. The van der Waals surface area contributed by atoms with E-state index in [4.69, 9.17) is 0 Å². The molecule has 0 saturated heterocycles. The van der Waals surface area contributed by atoms with Crippen LogP contribution in [0.4, 0.5) is 24.7 Å². The molecule has 2 aromatic rings. The summed E-state index contributed by atoms with van der Waals surface area (Å²) in [5, 5.41) is 5.35. The Labute approximate surface area is 130 Å². The number of amides is 1. The minimum absolute atomic E-state index is 0.0500. The summed E-state index contributed by atoms with van der Waals surface area (Å²) >= 11 is 0. The number of rotatable bonds is 5. The van der Waals surface area contributed by atoms with E-state index in [-0.39, 0.29) is 11.4 Å². The molecule has 0 radical (unpaired) electrons. The molecular weight excluding hydrogens is 309 g/mol. The van der Waals surface area contributed by atoms with Gasteiger partial charge in [0.2, 0.25) is 0 Å². The van der Waals surface area contributed by atoms with Gasteiger partial charge in [0.1, 0.15) is 11.5 Å². The molecule has 0 aliphatic carbocycles. The van der Waals surface area contributed by atoms with Crippen LogP contribution in [0, 0.1) is 0 Å². The molecule has 0 aliphatic heterocycles. The molecule has 2 rings (SSSR count). The Balaban J connectivity index is 2.02. The number of hydrogen-bond donors (Lipinski definition) is 2. The predicted octanol–water partition coefficient (Wildman–Crippen LogP) is 3.35. The van der Waals surface area contributed by atoms with Gasteiger partial charge in [0.15, 0.2) is 0 Å². The quantitative estimate of drug-likeness (QED) is 0.829. The Morgan fingerprint density at radius 1 is 1.17 bits per heavy atom. The van der Waals surface area contributed by atoms with Crippen LogP contribution in [-0.2, 0) is 6.18 Å². The van der Waals surface area contributed by atoms with Crippen LogP contribution in [0.1, 0.15) is 16.1 Å². The van der Waals surface area contributed by atoms with E-state index in [0.29, 0.717) is 12.4 Å². The molecule has 23 heavy (non-hydrogen) atoms. The van der Waals surface area contributed by atoms with Gasteiger partial charge in [-0.2, -0.15) is 13.2 Å². The van der Waals surface area contributed by atoms with E-state index in [2.05, 4.69) is 27.2 Å². The van der Waals surface area contributed by atoms with Crippen molar-refractivity contribution in [2.45, 2.75) is 6.18 Å². The fourth-order valence-corrected chi connectivity index (χ4v) is 1.65. The van der Waals surface area contributed by atoms with Gasteiger partial charge in [-0.3, -0.25) is 4.79 Å². The van der Waals surface area contributed by atoms with Gasteiger partial charge < -0.3 is 10.6 Å². The fourth-order valence-electron chi connectivity index (χ4n) is 1.65. The number of halogens is 3. The van der Waals surface area contributed by atoms with Crippen molar-refractivity contribution in [3.05, 3.63) is 60.6 Å². The van der Waals surface area contributed by atoms with E-state index in [0.717, 1.165) is 12.1 Å². The Kier molecular flexibility index (Phi) is 4.95. The van der Waals surface area contributed by atoms with Crippen LogP contribution in [0.2, 0.25) is 0 Å². The van der Waals surface area contributed by atoms with Crippen molar-refractivity contribution < 1.29 is 18.0 Å². The summed E-state index contributed by atoms with van der Waals surface area (Å²) in [4.78, 5) is 19.9. The largest absolute Gasteiger partial charge is 0.416 e. The lowest BCUT2D eigenvalue weighted by Gasteiger charge is -2.08. The van der Waals surface area contributed by atoms with Crippen molar-refractivity contribution in [3.8, 4) is 0 Å². The molecule has 0 aliphatic rings. The van der Waals surface area contributed by atoms with Gasteiger partial charge in [0.05, 0.1) is 18.0 Å². The van der Waals surface area contributed by atoms with Gasteiger partial charge in [-0.1, -0.05) is 6.08 Å². The Morgan fingerprint density at radius 3 is 2.39 bits per heavy atom. The highest BCUT2D eigenvalue weighted by atomic mass is 19.4. The number of alkyl halides is 3. The third-order valence-corrected chi connectivity index (χ3v) is 2.78. The minimum atomic E-state index is -4.41. The van der Waals surface area contributed by atoms with Crippen LogP contribution in [0.25, 0.3) is 0 Å². The van der Waals surface area contributed by atoms with Gasteiger partial charge in [-0.05, 0) is 24.3 Å². The van der Waals surface area contributed by atoms with E-state index in [1.54, 1.807) is 6.08 Å². The van der Waals surface area contributed by atoms with Gasteiger partial charge >= 0.3 is 6.18 Å². The Bertz CT molecular complexity index is 681. The van der Waals surface area contributed by atoms with Crippen molar-refractivity contribution in [1.29, 1.82) is 0 Å². The van der Waals surface area contributed by atoms with Crippen LogP contribution in [-0.4, -0.2) is 22.4 Å². The zero-order chi connectivity index (χ0) is 16.9. The summed E-state index contributed by atoms with van der Waals surface area (Å²) in [7, 11) is 0. The number of anilines is 2. The first-order chi connectivity index (χ1) is 10.9. The van der Waals surface area contributed by atoms with Crippen LogP contribution >= 0.6 is 0 Å². The lowest BCUT2D eigenvalue weighted by Crippen LogP contribution is -2.15. The average Bonchev–Trinajstić information content (AvgIpc) is 2.53. The third kappa shape index (κ3) is 4.53. The zero-order valence-electron chi connectivity index (χ0n) is 11.9. The van der Waals surface area contributed by atoms with E-state index in [9.17, 15) is 18.0 Å². The number of benzene rings is 1. The predicted molar refractivity (Wildman–Crippen MR) is 80.1 cm³/mol. The summed E-state index contributed by atoms with van der Waals surface area (Å²) in [6, 6.07) is 4.13. The van der Waals surface area contributed by atoms with Gasteiger partial charge in [-0.25, -0.2) is 9.97 Å². The topological polar surface area (TPSA) is 66.9 Å². The fraction of sp³-hybridized carbons (Fsp3) is 0.133. The first kappa shape index (κ1) is 16.5. The lowest BCUT2D eigenvalue weighted by molar-refractivity contribution is -0.137. The molecule has 0 fully saturated rings. The second-order valence-electron chi connectivity index (χ2n) is 4.49. The number of hydrogen-bond acceptors (Lipinski definition) is 4. The summed E-state index contributed by atoms with van der Waals surface area (Å²) in [6.45, 7) is 4.05. The second-order valence-corrected chi connectivity index (χ2v) is 4.49. The lowest BCUT2D eigenvalue weighted by atomic mass is 10.2. The molecule has 1 aromatic carbocycles. The Morgan fingerprint density at radius 2 is 1.87 bits per heavy atom. The molecule has 0 saturated carbocycles. The molecule has 2 N–H and O–H groups in total. The minimum Gasteiger partial charge on any atom is -0.365 e. The number of carbonyl (C=O) groups is 1. The van der Waals surface area contributed by atoms with Crippen LogP contribution in [0.3, 0.4) is 0 Å². The molecule has 0 atom stereocenters. The van der Waals surface area contributed by atoms with Crippen molar-refractivity contribution in [2.75, 3.05) is 17.2 Å². The first-order valence-corrected chi connectivity index (χ1v) is 6.55. The molecule has 120 valence electrons.